The summed E-state index contributed by atoms with van der Waals surface area (Å²) in [5.41, 5.74) is 15.3. The van der Waals surface area contributed by atoms with Crippen LogP contribution in [0, 0.1) is 0 Å². The Labute approximate surface area is 132 Å². The molecule has 0 spiro atoms. The normalized spacial score (nSPS) is 22.0. The average Bonchev–Trinajstić information content (AvgIpc) is 3.15. The van der Waals surface area contributed by atoms with Gasteiger partial charge in [0.1, 0.15) is 5.82 Å². The molecule has 0 saturated carbocycles. The molecular weight excluding hydrogens is 298 g/mol. The minimum atomic E-state index is -0.263. The van der Waals surface area contributed by atoms with Crippen molar-refractivity contribution < 1.29 is 5.11 Å². The number of aliphatic hydroxyl groups is 1. The number of thiophene rings is 1. The maximum absolute atomic E-state index is 9.95. The first-order valence-electron chi connectivity index (χ1n) is 7.53. The van der Waals surface area contributed by atoms with Gasteiger partial charge in [-0.25, -0.2) is 10.4 Å². The number of anilines is 2. The van der Waals surface area contributed by atoms with Crippen LogP contribution in [-0.2, 0) is 0 Å². The number of hydrazine groups is 1. The fraction of sp³-hybridized carbons (Fsp3) is 0.400. The quantitative estimate of drug-likeness (QED) is 0.668. The second-order valence-corrected chi connectivity index (χ2v) is 6.81. The first kappa shape index (κ1) is 13.8. The van der Waals surface area contributed by atoms with Gasteiger partial charge in [0, 0.05) is 25.7 Å². The smallest absolute Gasteiger partial charge is 0.126 e. The SMILES string of the molecule is Nc1cc(N2CCCC(O)C2)c2sc(C3=CCNN3)cc2n1. The third-order valence-electron chi connectivity index (χ3n) is 4.11. The summed E-state index contributed by atoms with van der Waals surface area (Å²) in [6.07, 6.45) is 3.73. The molecule has 0 aromatic carbocycles. The molecule has 4 rings (SSSR count). The maximum atomic E-state index is 9.95. The number of aliphatic hydroxyl groups excluding tert-OH is 1. The summed E-state index contributed by atoms with van der Waals surface area (Å²) in [6.45, 7) is 2.43. The van der Waals surface area contributed by atoms with Crippen molar-refractivity contribution in [2.24, 2.45) is 0 Å². The van der Waals surface area contributed by atoms with Gasteiger partial charge in [-0.3, -0.25) is 0 Å². The number of hydrogen-bond acceptors (Lipinski definition) is 7. The summed E-state index contributed by atoms with van der Waals surface area (Å²) in [5, 5.41) is 9.95. The second-order valence-electron chi connectivity index (χ2n) is 5.76. The zero-order valence-electron chi connectivity index (χ0n) is 12.2. The summed E-state index contributed by atoms with van der Waals surface area (Å²) in [5.74, 6) is 0.526. The Balaban J connectivity index is 1.79. The predicted octanol–water partition coefficient (Wildman–Crippen LogP) is 1.29. The van der Waals surface area contributed by atoms with Crippen molar-refractivity contribution in [2.75, 3.05) is 30.3 Å². The van der Waals surface area contributed by atoms with Crippen molar-refractivity contribution in [3.05, 3.63) is 23.1 Å². The number of nitrogens with zero attached hydrogens (tertiary/aromatic N) is 2. The Morgan fingerprint density at radius 3 is 3.09 bits per heavy atom. The molecule has 2 aliphatic rings. The van der Waals surface area contributed by atoms with E-state index in [2.05, 4.69) is 32.9 Å². The predicted molar refractivity (Wildman–Crippen MR) is 90.6 cm³/mol. The molecule has 1 atom stereocenters. The van der Waals surface area contributed by atoms with E-state index in [1.54, 1.807) is 11.3 Å². The molecule has 2 aliphatic heterocycles. The number of rotatable bonds is 2. The van der Waals surface area contributed by atoms with E-state index in [-0.39, 0.29) is 6.10 Å². The molecule has 0 bridgehead atoms. The van der Waals surface area contributed by atoms with Gasteiger partial charge in [-0.15, -0.1) is 11.3 Å². The Morgan fingerprint density at radius 1 is 1.41 bits per heavy atom. The fourth-order valence-electron chi connectivity index (χ4n) is 3.08. The van der Waals surface area contributed by atoms with E-state index in [1.165, 1.54) is 0 Å². The van der Waals surface area contributed by atoms with E-state index in [9.17, 15) is 5.11 Å². The molecule has 2 aromatic heterocycles. The summed E-state index contributed by atoms with van der Waals surface area (Å²) < 4.78 is 1.13. The number of nitrogens with two attached hydrogens (primary N) is 1. The van der Waals surface area contributed by atoms with Crippen LogP contribution in [0.15, 0.2) is 18.2 Å². The average molecular weight is 317 g/mol. The summed E-state index contributed by atoms with van der Waals surface area (Å²) >= 11 is 1.71. The highest BCUT2D eigenvalue weighted by Gasteiger charge is 2.22. The van der Waals surface area contributed by atoms with Crippen molar-refractivity contribution in [3.63, 3.8) is 0 Å². The highest BCUT2D eigenvalue weighted by molar-refractivity contribution is 7.20. The summed E-state index contributed by atoms with van der Waals surface area (Å²) in [6, 6.07) is 4.00. The standard InChI is InChI=1S/C15H19N5OS/c16-14-7-12(20-5-1-2-9(21)8-20)15-11(18-14)6-13(22-15)10-3-4-17-19-10/h3,6-7,9,17,19,21H,1-2,4-5,8H2,(H2,16,18). The zero-order valence-corrected chi connectivity index (χ0v) is 13.0. The lowest BCUT2D eigenvalue weighted by Crippen LogP contribution is -2.38. The van der Waals surface area contributed by atoms with Gasteiger partial charge in [0.2, 0.25) is 0 Å². The highest BCUT2D eigenvalue weighted by atomic mass is 32.1. The van der Waals surface area contributed by atoms with E-state index in [0.717, 1.165) is 52.4 Å². The molecule has 6 nitrogen and oxygen atoms in total. The van der Waals surface area contributed by atoms with Crippen LogP contribution in [0.5, 0.6) is 0 Å². The van der Waals surface area contributed by atoms with Gasteiger partial charge in [-0.1, -0.05) is 0 Å². The van der Waals surface area contributed by atoms with Crippen LogP contribution in [0.4, 0.5) is 11.5 Å². The Bertz CT molecular complexity index is 741. The monoisotopic (exact) mass is 317 g/mol. The second kappa shape index (κ2) is 5.42. The van der Waals surface area contributed by atoms with E-state index in [1.807, 2.05) is 6.07 Å². The molecule has 0 radical (unpaired) electrons. The van der Waals surface area contributed by atoms with Gasteiger partial charge in [-0.2, -0.15) is 0 Å². The fourth-order valence-corrected chi connectivity index (χ4v) is 4.22. The minimum Gasteiger partial charge on any atom is -0.391 e. The summed E-state index contributed by atoms with van der Waals surface area (Å²) in [7, 11) is 0. The van der Waals surface area contributed by atoms with E-state index >= 15 is 0 Å². The Morgan fingerprint density at radius 2 is 2.32 bits per heavy atom. The number of β-amino-alcohol motifs (C(OH)–C–C–N with tert-alkyl or cyclic N) is 1. The first-order chi connectivity index (χ1) is 10.7. The number of hydrogen-bond donors (Lipinski definition) is 4. The van der Waals surface area contributed by atoms with Crippen LogP contribution in [-0.4, -0.2) is 35.8 Å². The zero-order chi connectivity index (χ0) is 15.1. The number of piperidine rings is 1. The van der Waals surface area contributed by atoms with Crippen LogP contribution in [0.3, 0.4) is 0 Å². The van der Waals surface area contributed by atoms with Crippen molar-refractivity contribution in [3.8, 4) is 0 Å². The lowest BCUT2D eigenvalue weighted by atomic mass is 10.1. The lowest BCUT2D eigenvalue weighted by Gasteiger charge is -2.32. The molecule has 22 heavy (non-hydrogen) atoms. The molecule has 0 amide bonds. The number of pyridine rings is 1. The first-order valence-corrected chi connectivity index (χ1v) is 8.35. The van der Waals surface area contributed by atoms with E-state index < -0.39 is 0 Å². The van der Waals surface area contributed by atoms with Crippen LogP contribution in [0.1, 0.15) is 17.7 Å². The molecule has 1 unspecified atom stereocenters. The van der Waals surface area contributed by atoms with Gasteiger partial charge < -0.3 is 21.2 Å². The molecule has 2 aromatic rings. The van der Waals surface area contributed by atoms with Crippen molar-refractivity contribution in [1.82, 2.24) is 15.8 Å². The van der Waals surface area contributed by atoms with Crippen molar-refractivity contribution in [2.45, 2.75) is 18.9 Å². The molecular formula is C15H19N5OS. The lowest BCUT2D eigenvalue weighted by molar-refractivity contribution is 0.154. The van der Waals surface area contributed by atoms with Gasteiger partial charge in [0.15, 0.2) is 0 Å². The largest absolute Gasteiger partial charge is 0.391 e. The van der Waals surface area contributed by atoms with Crippen LogP contribution in [0.2, 0.25) is 0 Å². The van der Waals surface area contributed by atoms with Gasteiger partial charge in [0.05, 0.1) is 32.6 Å². The maximum Gasteiger partial charge on any atom is 0.126 e. The van der Waals surface area contributed by atoms with Crippen LogP contribution < -0.4 is 21.5 Å². The van der Waals surface area contributed by atoms with Gasteiger partial charge >= 0.3 is 0 Å². The van der Waals surface area contributed by atoms with Crippen molar-refractivity contribution >= 4 is 38.8 Å². The molecule has 4 heterocycles. The number of fused-ring (bicyclic) bond motifs is 1. The number of aromatic nitrogens is 1. The molecule has 7 heteroatoms. The third kappa shape index (κ3) is 2.41. The highest BCUT2D eigenvalue weighted by Crippen LogP contribution is 2.37. The van der Waals surface area contributed by atoms with Crippen LogP contribution >= 0.6 is 11.3 Å². The van der Waals surface area contributed by atoms with Gasteiger partial charge in [-0.05, 0) is 25.0 Å². The Kier molecular flexibility index (Phi) is 3.40. The molecule has 1 fully saturated rings. The molecule has 1 saturated heterocycles. The molecule has 116 valence electrons. The van der Waals surface area contributed by atoms with Crippen molar-refractivity contribution in [1.29, 1.82) is 0 Å². The van der Waals surface area contributed by atoms with E-state index in [0.29, 0.717) is 12.4 Å². The van der Waals surface area contributed by atoms with Gasteiger partial charge in [0.25, 0.3) is 0 Å². The summed E-state index contributed by atoms with van der Waals surface area (Å²) in [4.78, 5) is 7.84. The molecule has 5 N–H and O–H groups in total. The topological polar surface area (TPSA) is 86.4 Å². The molecule has 0 aliphatic carbocycles. The third-order valence-corrected chi connectivity index (χ3v) is 5.29. The minimum absolute atomic E-state index is 0.263. The number of nitrogens with one attached hydrogen (secondary N) is 2. The number of nitrogen functional groups attached to an aromatic ring is 1. The Hall–Kier alpha value is -1.83. The van der Waals surface area contributed by atoms with E-state index in [4.69, 9.17) is 5.73 Å². The van der Waals surface area contributed by atoms with Crippen LogP contribution in [0.25, 0.3) is 15.9 Å².